The maximum absolute atomic E-state index is 5.80. The molecule has 1 aliphatic rings. The van der Waals surface area contributed by atoms with Crippen LogP contribution in [-0.2, 0) is 6.54 Å². The smallest absolute Gasteiger partial charge is 0.188 e. The van der Waals surface area contributed by atoms with Crippen LogP contribution in [0.2, 0.25) is 0 Å². The molecule has 1 fully saturated rings. The van der Waals surface area contributed by atoms with Gasteiger partial charge in [-0.25, -0.2) is 0 Å². The molecular weight excluding hydrogens is 363 g/mol. The molecule has 1 aliphatic heterocycles. The summed E-state index contributed by atoms with van der Waals surface area (Å²) in [5.41, 5.74) is 7.19. The van der Waals surface area contributed by atoms with Crippen molar-refractivity contribution in [2.45, 2.75) is 32.4 Å². The Bertz CT molecular complexity index is 400. The first-order valence-corrected chi connectivity index (χ1v) is 7.10. The summed E-state index contributed by atoms with van der Waals surface area (Å²) in [4.78, 5) is 6.68. The zero-order valence-corrected chi connectivity index (χ0v) is 14.4. The number of piperidine rings is 1. The number of nitrogens with zero attached hydrogens (tertiary/aromatic N) is 2. The van der Waals surface area contributed by atoms with Crippen LogP contribution in [0.1, 0.15) is 25.3 Å². The second-order valence-electron chi connectivity index (χ2n) is 5.04. The minimum Gasteiger partial charge on any atom is -0.370 e. The molecule has 5 heteroatoms. The fraction of sp³-hybridized carbons (Fsp3) is 0.533. The van der Waals surface area contributed by atoms with Crippen molar-refractivity contribution in [2.24, 2.45) is 10.7 Å². The Morgan fingerprint density at radius 2 is 1.95 bits per heavy atom. The molecule has 0 aromatic heterocycles. The molecule has 0 unspecified atom stereocenters. The summed E-state index contributed by atoms with van der Waals surface area (Å²) in [6, 6.07) is 11.1. The number of nitrogens with one attached hydrogen (secondary N) is 1. The van der Waals surface area contributed by atoms with E-state index >= 15 is 0 Å². The topological polar surface area (TPSA) is 53.6 Å². The van der Waals surface area contributed by atoms with E-state index in [1.165, 1.54) is 5.56 Å². The van der Waals surface area contributed by atoms with Crippen molar-refractivity contribution in [3.05, 3.63) is 35.9 Å². The molecule has 0 aliphatic carbocycles. The first-order valence-electron chi connectivity index (χ1n) is 7.10. The van der Waals surface area contributed by atoms with Crippen LogP contribution < -0.4 is 11.1 Å². The summed E-state index contributed by atoms with van der Waals surface area (Å²) in [6.45, 7) is 6.02. The molecule has 1 heterocycles. The van der Waals surface area contributed by atoms with Crippen LogP contribution in [0.5, 0.6) is 0 Å². The Morgan fingerprint density at radius 3 is 2.55 bits per heavy atom. The standard InChI is InChI=1S/C15H24N4.HI/c1-2-17-15(16)18-14-8-10-19(11-9-14)12-13-6-4-3-5-7-13;/h3-7,14H,2,8-12H2,1H3,(H3,16,17,18);1H. The largest absolute Gasteiger partial charge is 0.370 e. The Labute approximate surface area is 138 Å². The fourth-order valence-electron chi connectivity index (χ4n) is 2.50. The summed E-state index contributed by atoms with van der Waals surface area (Å²) in [6.07, 6.45) is 2.26. The van der Waals surface area contributed by atoms with Gasteiger partial charge in [-0.1, -0.05) is 30.3 Å². The fourth-order valence-corrected chi connectivity index (χ4v) is 2.50. The predicted molar refractivity (Wildman–Crippen MR) is 95.5 cm³/mol. The van der Waals surface area contributed by atoms with Gasteiger partial charge in [-0.2, -0.15) is 0 Å². The highest BCUT2D eigenvalue weighted by atomic mass is 127. The second-order valence-corrected chi connectivity index (χ2v) is 5.04. The molecule has 112 valence electrons. The minimum atomic E-state index is 0. The summed E-state index contributed by atoms with van der Waals surface area (Å²) in [5, 5.41) is 3.31. The maximum atomic E-state index is 5.80. The lowest BCUT2D eigenvalue weighted by molar-refractivity contribution is 0.199. The second kappa shape index (κ2) is 9.18. The number of benzene rings is 1. The number of hydrogen-bond acceptors (Lipinski definition) is 2. The Balaban J connectivity index is 0.00000200. The average molecular weight is 388 g/mol. The third-order valence-corrected chi connectivity index (χ3v) is 3.52. The van der Waals surface area contributed by atoms with E-state index in [1.54, 1.807) is 0 Å². The summed E-state index contributed by atoms with van der Waals surface area (Å²) in [7, 11) is 0. The van der Waals surface area contributed by atoms with Gasteiger partial charge in [0.2, 0.25) is 0 Å². The SMILES string of the molecule is CCN=C(N)NC1CCN(Cc2ccccc2)CC1.I. The summed E-state index contributed by atoms with van der Waals surface area (Å²) >= 11 is 0. The Hall–Kier alpha value is -0.820. The van der Waals surface area contributed by atoms with E-state index in [4.69, 9.17) is 5.73 Å². The van der Waals surface area contributed by atoms with Crippen LogP contribution in [0.25, 0.3) is 0 Å². The first-order chi connectivity index (χ1) is 9.28. The number of halogens is 1. The minimum absolute atomic E-state index is 0. The zero-order chi connectivity index (χ0) is 13.5. The van der Waals surface area contributed by atoms with Crippen LogP contribution >= 0.6 is 24.0 Å². The lowest BCUT2D eigenvalue weighted by atomic mass is 10.0. The molecule has 4 nitrogen and oxygen atoms in total. The molecule has 0 radical (unpaired) electrons. The highest BCUT2D eigenvalue weighted by Gasteiger charge is 2.19. The highest BCUT2D eigenvalue weighted by molar-refractivity contribution is 14.0. The predicted octanol–water partition coefficient (Wildman–Crippen LogP) is 2.19. The first kappa shape index (κ1) is 17.2. The van der Waals surface area contributed by atoms with Gasteiger partial charge in [-0.15, -0.1) is 24.0 Å². The van der Waals surface area contributed by atoms with E-state index in [1.807, 2.05) is 6.92 Å². The summed E-state index contributed by atoms with van der Waals surface area (Å²) < 4.78 is 0. The Kier molecular flexibility index (Phi) is 7.91. The number of hydrogen-bond donors (Lipinski definition) is 2. The van der Waals surface area contributed by atoms with E-state index in [9.17, 15) is 0 Å². The highest BCUT2D eigenvalue weighted by Crippen LogP contribution is 2.13. The molecule has 20 heavy (non-hydrogen) atoms. The lowest BCUT2D eigenvalue weighted by Crippen LogP contribution is -2.46. The van der Waals surface area contributed by atoms with Crippen LogP contribution in [0.4, 0.5) is 0 Å². The van der Waals surface area contributed by atoms with E-state index in [0.29, 0.717) is 12.0 Å². The van der Waals surface area contributed by atoms with Gasteiger partial charge in [0.25, 0.3) is 0 Å². The van der Waals surface area contributed by atoms with Crippen LogP contribution in [0, 0.1) is 0 Å². The van der Waals surface area contributed by atoms with Crippen molar-refractivity contribution in [1.29, 1.82) is 0 Å². The van der Waals surface area contributed by atoms with Crippen LogP contribution in [0.3, 0.4) is 0 Å². The maximum Gasteiger partial charge on any atom is 0.188 e. The molecule has 1 aromatic rings. The van der Waals surface area contributed by atoms with E-state index in [2.05, 4.69) is 45.5 Å². The summed E-state index contributed by atoms with van der Waals surface area (Å²) in [5.74, 6) is 0.587. The molecule has 0 saturated carbocycles. The molecule has 0 spiro atoms. The molecule has 2 rings (SSSR count). The van der Waals surface area contributed by atoms with E-state index < -0.39 is 0 Å². The van der Waals surface area contributed by atoms with Gasteiger partial charge in [-0.05, 0) is 25.3 Å². The molecule has 3 N–H and O–H groups in total. The van der Waals surface area contributed by atoms with Crippen LogP contribution in [0.15, 0.2) is 35.3 Å². The van der Waals surface area contributed by atoms with Crippen molar-refractivity contribution in [3.63, 3.8) is 0 Å². The van der Waals surface area contributed by atoms with Crippen LogP contribution in [-0.4, -0.2) is 36.5 Å². The third kappa shape index (κ3) is 5.66. The van der Waals surface area contributed by atoms with Gasteiger partial charge in [0, 0.05) is 32.2 Å². The monoisotopic (exact) mass is 388 g/mol. The van der Waals surface area contributed by atoms with Crippen molar-refractivity contribution in [2.75, 3.05) is 19.6 Å². The van der Waals surface area contributed by atoms with Crippen molar-refractivity contribution in [1.82, 2.24) is 10.2 Å². The zero-order valence-electron chi connectivity index (χ0n) is 12.1. The number of guanidine groups is 1. The Morgan fingerprint density at radius 1 is 1.30 bits per heavy atom. The van der Waals surface area contributed by atoms with Crippen molar-refractivity contribution < 1.29 is 0 Å². The third-order valence-electron chi connectivity index (χ3n) is 3.52. The van der Waals surface area contributed by atoms with Gasteiger partial charge in [0.1, 0.15) is 0 Å². The van der Waals surface area contributed by atoms with Crippen molar-refractivity contribution in [3.8, 4) is 0 Å². The van der Waals surface area contributed by atoms with Gasteiger partial charge in [0.15, 0.2) is 5.96 Å². The molecule has 0 amide bonds. The number of aliphatic imine (C=N–C) groups is 1. The average Bonchev–Trinajstić information content (AvgIpc) is 2.42. The molecule has 1 saturated heterocycles. The van der Waals surface area contributed by atoms with Crippen molar-refractivity contribution >= 4 is 29.9 Å². The van der Waals surface area contributed by atoms with E-state index in [0.717, 1.165) is 39.0 Å². The lowest BCUT2D eigenvalue weighted by Gasteiger charge is -2.32. The number of likely N-dealkylation sites (tertiary alicyclic amines) is 1. The number of rotatable bonds is 4. The quantitative estimate of drug-likeness (QED) is 0.473. The normalized spacial score (nSPS) is 17.6. The molecule has 0 atom stereocenters. The van der Waals surface area contributed by atoms with E-state index in [-0.39, 0.29) is 24.0 Å². The van der Waals surface area contributed by atoms with Gasteiger partial charge >= 0.3 is 0 Å². The van der Waals surface area contributed by atoms with Gasteiger partial charge < -0.3 is 11.1 Å². The molecule has 0 bridgehead atoms. The molecule has 1 aromatic carbocycles. The molecular formula is C15H25IN4. The van der Waals surface area contributed by atoms with Gasteiger partial charge in [0.05, 0.1) is 0 Å². The number of nitrogens with two attached hydrogens (primary N) is 1. The van der Waals surface area contributed by atoms with Gasteiger partial charge in [-0.3, -0.25) is 9.89 Å².